The van der Waals surface area contributed by atoms with E-state index in [1.165, 1.54) is 11.8 Å². The molecule has 0 radical (unpaired) electrons. The molecule has 2 N–H and O–H groups in total. The fourth-order valence-corrected chi connectivity index (χ4v) is 3.24. The molecule has 0 saturated carbocycles. The molecule has 1 aliphatic rings. The molecule has 5 heteroatoms. The van der Waals surface area contributed by atoms with Crippen LogP contribution in [0.2, 0.25) is 0 Å². The number of nitrogens with one attached hydrogen (secondary N) is 1. The Morgan fingerprint density at radius 1 is 1.57 bits per heavy atom. The van der Waals surface area contributed by atoms with Gasteiger partial charge in [0.05, 0.1) is 6.61 Å². The fourth-order valence-electron chi connectivity index (χ4n) is 1.31. The highest BCUT2D eigenvalue weighted by atomic mass is 32.2. The zero-order chi connectivity index (χ0) is 10.0. The van der Waals surface area contributed by atoms with Crippen LogP contribution in [0.1, 0.15) is 0 Å². The minimum atomic E-state index is -0.633. The highest BCUT2D eigenvalue weighted by Crippen LogP contribution is 2.49. The van der Waals surface area contributed by atoms with Crippen LogP contribution in [-0.4, -0.2) is 21.5 Å². The second kappa shape index (κ2) is 3.84. The van der Waals surface area contributed by atoms with Crippen molar-refractivity contribution < 1.29 is 9.90 Å². The third-order valence-electron chi connectivity index (χ3n) is 1.93. The van der Waals surface area contributed by atoms with E-state index in [2.05, 4.69) is 5.32 Å². The van der Waals surface area contributed by atoms with Crippen LogP contribution in [0.3, 0.4) is 0 Å². The zero-order valence-corrected chi connectivity index (χ0v) is 8.90. The number of aliphatic hydroxyl groups is 1. The van der Waals surface area contributed by atoms with Crippen molar-refractivity contribution in [3.8, 4) is 0 Å². The molecule has 74 valence electrons. The maximum atomic E-state index is 10.5. The van der Waals surface area contributed by atoms with Gasteiger partial charge in [0.1, 0.15) is 0 Å². The molecular formula is C9H9NO2S2. The molecule has 1 aromatic rings. The van der Waals surface area contributed by atoms with Crippen LogP contribution in [0.25, 0.3) is 0 Å². The fraction of sp³-hybridized carbons (Fsp3) is 0.222. The third-order valence-corrected chi connectivity index (χ3v) is 4.32. The van der Waals surface area contributed by atoms with Crippen LogP contribution >= 0.6 is 23.5 Å². The number of anilines is 1. The minimum Gasteiger partial charge on any atom is -0.392 e. The first kappa shape index (κ1) is 9.89. The summed E-state index contributed by atoms with van der Waals surface area (Å²) in [5, 5.41) is 12.4. The summed E-state index contributed by atoms with van der Waals surface area (Å²) in [5.41, 5.74) is 1.73. The lowest BCUT2D eigenvalue weighted by Gasteiger charge is -2.22. The molecular weight excluding hydrogens is 218 g/mol. The molecule has 0 aliphatic carbocycles. The lowest BCUT2D eigenvalue weighted by Crippen LogP contribution is -2.31. The van der Waals surface area contributed by atoms with Crippen LogP contribution in [0.15, 0.2) is 29.2 Å². The largest absolute Gasteiger partial charge is 0.392 e. The van der Waals surface area contributed by atoms with Gasteiger partial charge in [-0.3, -0.25) is 4.79 Å². The van der Waals surface area contributed by atoms with E-state index in [9.17, 15) is 9.90 Å². The molecule has 0 fully saturated rings. The number of hydrogen-bond acceptors (Lipinski definition) is 5. The summed E-state index contributed by atoms with van der Waals surface area (Å²) in [6.45, 7) is -0.0875. The number of rotatable bonds is 3. The van der Waals surface area contributed by atoms with E-state index in [1.807, 2.05) is 24.3 Å². The molecule has 1 unspecified atom stereocenters. The Bertz CT molecular complexity index is 331. The Balaban J connectivity index is 2.27. The standard InChI is InChI=1S/C9H9NO2S2/c11-5-9(13-6-12)10-7-3-1-2-4-8(7)14-9/h1-4,6,10-11H,5H2. The second-order valence-corrected chi connectivity index (χ2v) is 5.57. The molecule has 1 aromatic carbocycles. The smallest absolute Gasteiger partial charge is 0.179 e. The van der Waals surface area contributed by atoms with Gasteiger partial charge in [0.25, 0.3) is 0 Å². The summed E-state index contributed by atoms with van der Waals surface area (Å²) in [6, 6.07) is 7.76. The van der Waals surface area contributed by atoms with E-state index in [4.69, 9.17) is 0 Å². The van der Waals surface area contributed by atoms with Crippen LogP contribution in [-0.2, 0) is 4.79 Å². The van der Waals surface area contributed by atoms with E-state index in [1.54, 1.807) is 0 Å². The summed E-state index contributed by atoms with van der Waals surface area (Å²) >= 11 is 2.54. The van der Waals surface area contributed by atoms with Crippen molar-refractivity contribution >= 4 is 34.8 Å². The molecule has 14 heavy (non-hydrogen) atoms. The molecule has 0 spiro atoms. The molecule has 1 heterocycles. The van der Waals surface area contributed by atoms with E-state index in [-0.39, 0.29) is 6.61 Å². The van der Waals surface area contributed by atoms with E-state index < -0.39 is 4.20 Å². The number of para-hydroxylation sites is 1. The van der Waals surface area contributed by atoms with Crippen molar-refractivity contribution in [3.05, 3.63) is 24.3 Å². The average molecular weight is 227 g/mol. The van der Waals surface area contributed by atoms with Crippen LogP contribution in [0, 0.1) is 0 Å². The first-order valence-corrected chi connectivity index (χ1v) is 5.78. The second-order valence-electron chi connectivity index (χ2n) is 2.85. The van der Waals surface area contributed by atoms with Crippen molar-refractivity contribution in [1.82, 2.24) is 0 Å². The summed E-state index contributed by atoms with van der Waals surface area (Å²) < 4.78 is -0.633. The topological polar surface area (TPSA) is 49.3 Å². The minimum absolute atomic E-state index is 0.0875. The molecule has 0 amide bonds. The van der Waals surface area contributed by atoms with Crippen LogP contribution < -0.4 is 5.32 Å². The number of benzene rings is 1. The van der Waals surface area contributed by atoms with E-state index in [0.717, 1.165) is 28.0 Å². The molecule has 0 saturated heterocycles. The molecule has 1 aliphatic heterocycles. The Hall–Kier alpha value is -0.650. The van der Waals surface area contributed by atoms with E-state index >= 15 is 0 Å². The number of fused-ring (bicyclic) bond motifs is 1. The highest BCUT2D eigenvalue weighted by molar-refractivity contribution is 8.25. The zero-order valence-electron chi connectivity index (χ0n) is 7.27. The van der Waals surface area contributed by atoms with Gasteiger partial charge in [-0.1, -0.05) is 23.9 Å². The Morgan fingerprint density at radius 3 is 3.00 bits per heavy atom. The number of thioether (sulfide) groups is 2. The number of aliphatic hydroxyl groups excluding tert-OH is 1. The van der Waals surface area contributed by atoms with Gasteiger partial charge >= 0.3 is 0 Å². The molecule has 1 atom stereocenters. The number of carbonyl (C=O) groups is 1. The molecule has 0 aromatic heterocycles. The molecule has 2 rings (SSSR count). The lowest BCUT2D eigenvalue weighted by atomic mass is 10.3. The molecule has 0 bridgehead atoms. The van der Waals surface area contributed by atoms with Gasteiger partial charge in [-0.25, -0.2) is 0 Å². The highest BCUT2D eigenvalue weighted by Gasteiger charge is 2.37. The predicted octanol–water partition coefficient (Wildman–Crippen LogP) is 1.77. The number of hydrogen-bond donors (Lipinski definition) is 2. The summed E-state index contributed by atoms with van der Waals surface area (Å²) in [6.07, 6.45) is 0. The predicted molar refractivity (Wildman–Crippen MR) is 60.1 cm³/mol. The maximum absolute atomic E-state index is 10.5. The van der Waals surface area contributed by atoms with Crippen molar-refractivity contribution in [1.29, 1.82) is 0 Å². The van der Waals surface area contributed by atoms with Gasteiger partial charge in [0.15, 0.2) is 9.82 Å². The Kier molecular flexibility index (Phi) is 2.71. The van der Waals surface area contributed by atoms with E-state index in [0.29, 0.717) is 0 Å². The number of carbonyl (C=O) groups excluding carboxylic acids is 1. The summed E-state index contributed by atoms with van der Waals surface area (Å²) in [5.74, 6) is 0. The quantitative estimate of drug-likeness (QED) is 0.771. The van der Waals surface area contributed by atoms with Gasteiger partial charge in [-0.05, 0) is 23.9 Å². The average Bonchev–Trinajstić information content (AvgIpc) is 2.57. The van der Waals surface area contributed by atoms with Crippen LogP contribution in [0.5, 0.6) is 0 Å². The molecule has 3 nitrogen and oxygen atoms in total. The van der Waals surface area contributed by atoms with Crippen molar-refractivity contribution in [2.45, 2.75) is 9.10 Å². The van der Waals surface area contributed by atoms with Gasteiger partial charge in [-0.2, -0.15) is 0 Å². The SMILES string of the molecule is O=CSC1(CO)Nc2ccccc2S1. The van der Waals surface area contributed by atoms with Gasteiger partial charge in [0.2, 0.25) is 0 Å². The normalized spacial score (nSPS) is 24.1. The monoisotopic (exact) mass is 227 g/mol. The van der Waals surface area contributed by atoms with Gasteiger partial charge in [0, 0.05) is 10.6 Å². The summed E-state index contributed by atoms with van der Waals surface area (Å²) in [4.78, 5) is 11.5. The van der Waals surface area contributed by atoms with Crippen molar-refractivity contribution in [3.63, 3.8) is 0 Å². The van der Waals surface area contributed by atoms with Gasteiger partial charge < -0.3 is 10.4 Å². The Labute approximate surface area is 90.3 Å². The first-order valence-electron chi connectivity index (χ1n) is 4.08. The van der Waals surface area contributed by atoms with Gasteiger partial charge in [-0.15, -0.1) is 0 Å². The lowest BCUT2D eigenvalue weighted by molar-refractivity contribution is 0.294. The van der Waals surface area contributed by atoms with Crippen molar-refractivity contribution in [2.24, 2.45) is 0 Å². The summed E-state index contributed by atoms with van der Waals surface area (Å²) in [7, 11) is 0. The Morgan fingerprint density at radius 2 is 2.36 bits per heavy atom. The maximum Gasteiger partial charge on any atom is 0.179 e. The third kappa shape index (κ3) is 1.63. The first-order chi connectivity index (χ1) is 6.79. The van der Waals surface area contributed by atoms with Crippen molar-refractivity contribution in [2.75, 3.05) is 11.9 Å². The van der Waals surface area contributed by atoms with Crippen LogP contribution in [0.4, 0.5) is 5.69 Å².